The van der Waals surface area contributed by atoms with Gasteiger partial charge in [0.2, 0.25) is 0 Å². The van der Waals surface area contributed by atoms with E-state index in [1.165, 1.54) is 0 Å². The lowest BCUT2D eigenvalue weighted by atomic mass is 9.86. The molecule has 0 fully saturated rings. The summed E-state index contributed by atoms with van der Waals surface area (Å²) in [4.78, 5) is 0. The van der Waals surface area contributed by atoms with Crippen molar-refractivity contribution in [2.75, 3.05) is 10.6 Å². The van der Waals surface area contributed by atoms with Crippen LogP contribution in [0.5, 0.6) is 0 Å². The Balaban J connectivity index is 1.38. The van der Waals surface area contributed by atoms with Crippen molar-refractivity contribution in [1.82, 2.24) is 0 Å². The maximum atomic E-state index is 15.8. The molecule has 0 saturated heterocycles. The molecule has 36 heavy (non-hydrogen) atoms. The lowest BCUT2D eigenvalue weighted by molar-refractivity contribution is 0.518. The Kier molecular flexibility index (Phi) is 6.63. The van der Waals surface area contributed by atoms with Gasteiger partial charge in [0.15, 0.2) is 0 Å². The fourth-order valence-electron chi connectivity index (χ4n) is 4.61. The first-order chi connectivity index (χ1) is 17.5. The monoisotopic (exact) mass is 480 g/mol. The summed E-state index contributed by atoms with van der Waals surface area (Å²) in [6, 6.07) is 23.6. The summed E-state index contributed by atoms with van der Waals surface area (Å²) in [5.41, 5.74) is 8.10. The molecule has 0 amide bonds. The van der Waals surface area contributed by atoms with Crippen molar-refractivity contribution >= 4 is 11.4 Å². The van der Waals surface area contributed by atoms with Gasteiger partial charge < -0.3 is 19.5 Å². The normalized spacial score (nSPS) is 11.0. The molecular weight excluding hydrogens is 451 g/mol. The summed E-state index contributed by atoms with van der Waals surface area (Å²) in [7, 11) is 0. The summed E-state index contributed by atoms with van der Waals surface area (Å²) >= 11 is 0. The van der Waals surface area contributed by atoms with E-state index < -0.39 is 0 Å². The second kappa shape index (κ2) is 10.2. The molecule has 0 aliphatic heterocycles. The molecule has 0 aliphatic carbocycles. The van der Waals surface area contributed by atoms with Crippen LogP contribution in [0.2, 0.25) is 0 Å². The topological polar surface area (TPSA) is 50.3 Å². The van der Waals surface area contributed by atoms with Crippen LogP contribution in [-0.2, 0) is 13.1 Å². The van der Waals surface area contributed by atoms with Gasteiger partial charge in [-0.05, 0) is 103 Å². The van der Waals surface area contributed by atoms with Gasteiger partial charge in [-0.3, -0.25) is 0 Å². The van der Waals surface area contributed by atoms with Crippen LogP contribution >= 0.6 is 0 Å². The van der Waals surface area contributed by atoms with Gasteiger partial charge in [0.25, 0.3) is 0 Å². The summed E-state index contributed by atoms with van der Waals surface area (Å²) in [6.07, 6.45) is 3.33. The summed E-state index contributed by atoms with van der Waals surface area (Å²) in [5.74, 6) is 1.56. The van der Waals surface area contributed by atoms with E-state index in [1.54, 1.807) is 12.5 Å². The maximum Gasteiger partial charge on any atom is 0.134 e. The zero-order valence-electron chi connectivity index (χ0n) is 20.7. The van der Waals surface area contributed by atoms with Crippen LogP contribution < -0.4 is 10.6 Å². The van der Waals surface area contributed by atoms with E-state index in [2.05, 4.69) is 17.6 Å². The predicted molar refractivity (Wildman–Crippen MR) is 144 cm³/mol. The van der Waals surface area contributed by atoms with Gasteiger partial charge in [0.1, 0.15) is 17.3 Å². The lowest BCUT2D eigenvalue weighted by Gasteiger charge is -2.19. The fraction of sp³-hybridized carbons (Fsp3) is 0.161. The van der Waals surface area contributed by atoms with Gasteiger partial charge in [-0.1, -0.05) is 24.3 Å². The van der Waals surface area contributed by atoms with Crippen molar-refractivity contribution in [3.05, 3.63) is 119 Å². The van der Waals surface area contributed by atoms with Crippen molar-refractivity contribution in [3.63, 3.8) is 0 Å². The molecular formula is C31H29FN2O2. The smallest absolute Gasteiger partial charge is 0.134 e. The largest absolute Gasteiger partial charge is 0.467 e. The number of furan rings is 2. The quantitative estimate of drug-likeness (QED) is 0.234. The molecule has 2 N–H and O–H groups in total. The molecule has 0 radical (unpaired) electrons. The molecule has 0 saturated carbocycles. The van der Waals surface area contributed by atoms with Gasteiger partial charge in [0.05, 0.1) is 25.6 Å². The molecule has 0 atom stereocenters. The van der Waals surface area contributed by atoms with Gasteiger partial charge in [-0.2, -0.15) is 0 Å². The van der Waals surface area contributed by atoms with E-state index in [1.807, 2.05) is 86.6 Å². The molecule has 5 heteroatoms. The lowest BCUT2D eigenvalue weighted by Crippen LogP contribution is -2.02. The third-order valence-corrected chi connectivity index (χ3v) is 6.68. The number of hydrogen-bond donors (Lipinski definition) is 2. The minimum atomic E-state index is -0.176. The van der Waals surface area contributed by atoms with E-state index in [4.69, 9.17) is 8.83 Å². The van der Waals surface area contributed by atoms with Crippen LogP contribution in [0.1, 0.15) is 28.2 Å². The maximum absolute atomic E-state index is 15.8. The second-order valence-electron chi connectivity index (χ2n) is 8.96. The molecule has 4 nitrogen and oxygen atoms in total. The second-order valence-corrected chi connectivity index (χ2v) is 8.96. The number of rotatable bonds is 8. The SMILES string of the molecule is Cc1c(C)c(-c2ccc(NCc3ccco3)cc2)c(F)c(C)c1-c1ccc(NCc2ccco2)cc1. The van der Waals surface area contributed by atoms with Crippen molar-refractivity contribution in [1.29, 1.82) is 0 Å². The number of hydrogen-bond acceptors (Lipinski definition) is 4. The number of nitrogens with one attached hydrogen (secondary N) is 2. The average Bonchev–Trinajstić information content (AvgIpc) is 3.61. The Bertz CT molecular complexity index is 1290. The summed E-state index contributed by atoms with van der Waals surface area (Å²) < 4.78 is 26.6. The standard InChI is InChI=1S/C31H29FN2O2/c1-20-21(2)30(24-10-14-26(15-11-24)34-19-28-7-5-17-36-28)31(32)22(3)29(20)23-8-12-25(13-9-23)33-18-27-6-4-16-35-27/h4-17,33-34H,18-19H2,1-3H3. The first-order valence-corrected chi connectivity index (χ1v) is 12.0. The zero-order chi connectivity index (χ0) is 25.1. The molecule has 0 unspecified atom stereocenters. The van der Waals surface area contributed by atoms with Crippen LogP contribution in [-0.4, -0.2) is 0 Å². The van der Waals surface area contributed by atoms with E-state index in [-0.39, 0.29) is 5.82 Å². The van der Waals surface area contributed by atoms with E-state index in [0.717, 1.165) is 50.7 Å². The fourth-order valence-corrected chi connectivity index (χ4v) is 4.61. The van der Waals surface area contributed by atoms with E-state index in [0.29, 0.717) is 24.2 Å². The first kappa shape index (κ1) is 23.5. The summed E-state index contributed by atoms with van der Waals surface area (Å²) in [5, 5.41) is 6.68. The van der Waals surface area contributed by atoms with E-state index >= 15 is 4.39 Å². The van der Waals surface area contributed by atoms with Gasteiger partial charge in [0, 0.05) is 16.9 Å². The van der Waals surface area contributed by atoms with Crippen LogP contribution in [0.15, 0.2) is 94.2 Å². The van der Waals surface area contributed by atoms with Gasteiger partial charge in [-0.25, -0.2) is 4.39 Å². The third kappa shape index (κ3) is 4.78. The number of halogens is 1. The van der Waals surface area contributed by atoms with Gasteiger partial charge in [-0.15, -0.1) is 0 Å². The van der Waals surface area contributed by atoms with Crippen LogP contribution in [0.3, 0.4) is 0 Å². The highest BCUT2D eigenvalue weighted by molar-refractivity contribution is 5.81. The highest BCUT2D eigenvalue weighted by atomic mass is 19.1. The highest BCUT2D eigenvalue weighted by Gasteiger charge is 2.19. The molecule has 5 aromatic rings. The van der Waals surface area contributed by atoms with Crippen molar-refractivity contribution in [2.45, 2.75) is 33.9 Å². The van der Waals surface area contributed by atoms with Crippen molar-refractivity contribution < 1.29 is 13.2 Å². The Morgan fingerprint density at radius 2 is 1.03 bits per heavy atom. The molecule has 3 aromatic carbocycles. The van der Waals surface area contributed by atoms with Gasteiger partial charge >= 0.3 is 0 Å². The molecule has 5 rings (SSSR count). The van der Waals surface area contributed by atoms with Crippen molar-refractivity contribution in [2.24, 2.45) is 0 Å². The molecule has 0 spiro atoms. The van der Waals surface area contributed by atoms with Crippen LogP contribution in [0, 0.1) is 26.6 Å². The Hall–Kier alpha value is -4.25. The van der Waals surface area contributed by atoms with Crippen molar-refractivity contribution in [3.8, 4) is 22.3 Å². The Labute approximate surface area is 210 Å². The Morgan fingerprint density at radius 1 is 0.583 bits per heavy atom. The number of benzene rings is 3. The van der Waals surface area contributed by atoms with Crippen LogP contribution in [0.25, 0.3) is 22.3 Å². The summed E-state index contributed by atoms with van der Waals surface area (Å²) in [6.45, 7) is 7.15. The number of anilines is 2. The minimum Gasteiger partial charge on any atom is -0.467 e. The van der Waals surface area contributed by atoms with Crippen LogP contribution in [0.4, 0.5) is 15.8 Å². The highest BCUT2D eigenvalue weighted by Crippen LogP contribution is 2.39. The molecule has 0 aliphatic rings. The third-order valence-electron chi connectivity index (χ3n) is 6.68. The first-order valence-electron chi connectivity index (χ1n) is 12.0. The molecule has 182 valence electrons. The Morgan fingerprint density at radius 3 is 1.47 bits per heavy atom. The predicted octanol–water partition coefficient (Wildman–Crippen LogP) is 8.50. The average molecular weight is 481 g/mol. The minimum absolute atomic E-state index is 0.176. The molecule has 2 heterocycles. The zero-order valence-corrected chi connectivity index (χ0v) is 20.7. The molecule has 0 bridgehead atoms. The van der Waals surface area contributed by atoms with E-state index in [9.17, 15) is 0 Å². The molecule has 2 aromatic heterocycles.